The van der Waals surface area contributed by atoms with Gasteiger partial charge in [0.25, 0.3) is 0 Å². The van der Waals surface area contributed by atoms with Crippen molar-refractivity contribution in [1.82, 2.24) is 10.2 Å². The quantitative estimate of drug-likeness (QED) is 0.571. The summed E-state index contributed by atoms with van der Waals surface area (Å²) in [5.74, 6) is 0.621. The van der Waals surface area contributed by atoms with E-state index in [1.165, 1.54) is 0 Å². The normalized spacial score (nSPS) is 12.7. The van der Waals surface area contributed by atoms with Gasteiger partial charge in [0.15, 0.2) is 0 Å². The third kappa shape index (κ3) is 8.97. The minimum atomic E-state index is 0.0647. The monoisotopic (exact) mass is 274 g/mol. The smallest absolute Gasteiger partial charge is 0.225 e. The number of likely N-dealkylation sites (N-methyl/N-ethyl adjacent to an activating group) is 2. The van der Waals surface area contributed by atoms with Crippen LogP contribution in [0.25, 0.3) is 0 Å². The Bertz CT molecular complexity index is 235. The summed E-state index contributed by atoms with van der Waals surface area (Å²) in [5.41, 5.74) is 0. The summed E-state index contributed by atoms with van der Waals surface area (Å²) in [6.07, 6.45) is 0. The van der Waals surface area contributed by atoms with Gasteiger partial charge in [-0.3, -0.25) is 4.79 Å². The number of carbonyl (C=O) groups excluding carboxylic acids is 1. The van der Waals surface area contributed by atoms with Crippen LogP contribution in [-0.2, 0) is 14.3 Å². The van der Waals surface area contributed by atoms with E-state index >= 15 is 0 Å². The third-order valence-electron chi connectivity index (χ3n) is 3.21. The summed E-state index contributed by atoms with van der Waals surface area (Å²) < 4.78 is 10.8. The fourth-order valence-electron chi connectivity index (χ4n) is 1.44. The first-order valence-corrected chi connectivity index (χ1v) is 7.05. The molecule has 0 rings (SSSR count). The molecule has 5 heteroatoms. The number of hydrogen-bond acceptors (Lipinski definition) is 4. The summed E-state index contributed by atoms with van der Waals surface area (Å²) in [6, 6.07) is 0. The van der Waals surface area contributed by atoms with Crippen molar-refractivity contribution in [2.24, 2.45) is 11.8 Å². The molecule has 1 amide bonds. The average Bonchev–Trinajstić information content (AvgIpc) is 2.39. The van der Waals surface area contributed by atoms with Crippen LogP contribution in [0.2, 0.25) is 0 Å². The summed E-state index contributed by atoms with van der Waals surface area (Å²) in [5, 5.41) is 3.01. The van der Waals surface area contributed by atoms with Crippen LogP contribution in [-0.4, -0.2) is 64.4 Å². The van der Waals surface area contributed by atoms with Gasteiger partial charge in [-0.25, -0.2) is 0 Å². The second-order valence-electron chi connectivity index (χ2n) is 5.12. The van der Waals surface area contributed by atoms with E-state index in [2.05, 4.69) is 19.2 Å². The van der Waals surface area contributed by atoms with Gasteiger partial charge in [0.2, 0.25) is 5.91 Å². The van der Waals surface area contributed by atoms with E-state index in [9.17, 15) is 4.79 Å². The van der Waals surface area contributed by atoms with Gasteiger partial charge >= 0.3 is 0 Å². The Balaban J connectivity index is 3.53. The Labute approximate surface area is 117 Å². The summed E-state index contributed by atoms with van der Waals surface area (Å²) in [7, 11) is 3.72. The molecule has 1 N–H and O–H groups in total. The second kappa shape index (κ2) is 11.2. The van der Waals surface area contributed by atoms with Gasteiger partial charge in [-0.15, -0.1) is 0 Å². The second-order valence-corrected chi connectivity index (χ2v) is 5.12. The van der Waals surface area contributed by atoms with Crippen molar-refractivity contribution in [3.63, 3.8) is 0 Å². The number of rotatable bonds is 11. The van der Waals surface area contributed by atoms with E-state index in [0.29, 0.717) is 38.9 Å². The van der Waals surface area contributed by atoms with Gasteiger partial charge in [0, 0.05) is 26.1 Å². The number of ether oxygens (including phenoxy) is 2. The van der Waals surface area contributed by atoms with Crippen LogP contribution >= 0.6 is 0 Å². The maximum Gasteiger partial charge on any atom is 0.225 e. The minimum absolute atomic E-state index is 0.0647. The van der Waals surface area contributed by atoms with Gasteiger partial charge < -0.3 is 19.7 Å². The zero-order chi connectivity index (χ0) is 14.7. The van der Waals surface area contributed by atoms with Crippen LogP contribution in [0.3, 0.4) is 0 Å². The number of amides is 1. The Morgan fingerprint density at radius 3 is 2.21 bits per heavy atom. The molecule has 19 heavy (non-hydrogen) atoms. The fourth-order valence-corrected chi connectivity index (χ4v) is 1.44. The van der Waals surface area contributed by atoms with Crippen LogP contribution in [0.1, 0.15) is 20.8 Å². The summed E-state index contributed by atoms with van der Waals surface area (Å²) in [6.45, 7) is 10.0. The van der Waals surface area contributed by atoms with Crippen LogP contribution in [0, 0.1) is 11.8 Å². The Morgan fingerprint density at radius 1 is 1.11 bits per heavy atom. The van der Waals surface area contributed by atoms with E-state index in [4.69, 9.17) is 9.47 Å². The molecule has 0 bridgehead atoms. The average molecular weight is 274 g/mol. The SMILES string of the molecule is CNCCOCCOCCN(C)C(=O)C(C)C(C)C. The number of nitrogens with zero attached hydrogens (tertiary/aromatic N) is 1. The van der Waals surface area contributed by atoms with Crippen molar-refractivity contribution in [3.8, 4) is 0 Å². The summed E-state index contributed by atoms with van der Waals surface area (Å²) >= 11 is 0. The molecular weight excluding hydrogens is 244 g/mol. The highest BCUT2D eigenvalue weighted by atomic mass is 16.5. The van der Waals surface area contributed by atoms with E-state index in [1.54, 1.807) is 4.90 Å². The molecule has 0 radical (unpaired) electrons. The van der Waals surface area contributed by atoms with Gasteiger partial charge in [-0.1, -0.05) is 20.8 Å². The molecule has 114 valence electrons. The highest BCUT2D eigenvalue weighted by Gasteiger charge is 2.19. The molecule has 0 aliphatic rings. The van der Waals surface area contributed by atoms with Crippen LogP contribution in [0.4, 0.5) is 0 Å². The predicted molar refractivity (Wildman–Crippen MR) is 77.2 cm³/mol. The molecule has 0 aromatic rings. The molecule has 0 saturated carbocycles. The van der Waals surface area contributed by atoms with Gasteiger partial charge in [0.1, 0.15) is 0 Å². The molecule has 5 nitrogen and oxygen atoms in total. The molecule has 1 unspecified atom stereocenters. The number of nitrogens with one attached hydrogen (secondary N) is 1. The molecule has 0 fully saturated rings. The molecule has 0 aliphatic carbocycles. The Hall–Kier alpha value is -0.650. The van der Waals surface area contributed by atoms with Gasteiger partial charge in [-0.2, -0.15) is 0 Å². The standard InChI is InChI=1S/C14H30N2O3/c1-12(2)13(3)14(17)16(5)7-9-19-11-10-18-8-6-15-4/h12-13,15H,6-11H2,1-5H3. The van der Waals surface area contributed by atoms with Crippen LogP contribution in [0.5, 0.6) is 0 Å². The van der Waals surface area contributed by atoms with Crippen molar-refractivity contribution in [1.29, 1.82) is 0 Å². The Morgan fingerprint density at radius 2 is 1.68 bits per heavy atom. The maximum absolute atomic E-state index is 12.0. The molecule has 0 saturated heterocycles. The molecule has 0 aliphatic heterocycles. The lowest BCUT2D eigenvalue weighted by atomic mass is 9.97. The lowest BCUT2D eigenvalue weighted by Crippen LogP contribution is -2.36. The molecule has 0 aromatic carbocycles. The number of carbonyl (C=O) groups is 1. The summed E-state index contributed by atoms with van der Waals surface area (Å²) in [4.78, 5) is 13.7. The Kier molecular flexibility index (Phi) is 10.8. The van der Waals surface area contributed by atoms with E-state index in [-0.39, 0.29) is 11.8 Å². The molecule has 1 atom stereocenters. The maximum atomic E-state index is 12.0. The van der Waals surface area contributed by atoms with Crippen molar-refractivity contribution in [3.05, 3.63) is 0 Å². The lowest BCUT2D eigenvalue weighted by Gasteiger charge is -2.23. The van der Waals surface area contributed by atoms with Crippen LogP contribution in [0.15, 0.2) is 0 Å². The van der Waals surface area contributed by atoms with Crippen molar-refractivity contribution in [2.45, 2.75) is 20.8 Å². The molecule has 0 spiro atoms. The van der Waals surface area contributed by atoms with E-state index < -0.39 is 0 Å². The first-order chi connectivity index (χ1) is 9.00. The molecule has 0 aromatic heterocycles. The highest BCUT2D eigenvalue weighted by Crippen LogP contribution is 2.12. The first kappa shape index (κ1) is 18.4. The third-order valence-corrected chi connectivity index (χ3v) is 3.21. The minimum Gasteiger partial charge on any atom is -0.378 e. The molecule has 0 heterocycles. The fraction of sp³-hybridized carbons (Fsp3) is 0.929. The first-order valence-electron chi connectivity index (χ1n) is 7.05. The number of hydrogen-bond donors (Lipinski definition) is 1. The topological polar surface area (TPSA) is 50.8 Å². The van der Waals surface area contributed by atoms with Crippen molar-refractivity contribution >= 4 is 5.91 Å². The van der Waals surface area contributed by atoms with Crippen molar-refractivity contribution in [2.75, 3.05) is 53.6 Å². The lowest BCUT2D eigenvalue weighted by molar-refractivity contribution is -0.135. The largest absolute Gasteiger partial charge is 0.378 e. The van der Waals surface area contributed by atoms with Crippen molar-refractivity contribution < 1.29 is 14.3 Å². The van der Waals surface area contributed by atoms with Gasteiger partial charge in [0.05, 0.1) is 26.4 Å². The zero-order valence-corrected chi connectivity index (χ0v) is 13.1. The van der Waals surface area contributed by atoms with Crippen LogP contribution < -0.4 is 5.32 Å². The van der Waals surface area contributed by atoms with E-state index in [1.807, 2.05) is 21.0 Å². The highest BCUT2D eigenvalue weighted by molar-refractivity contribution is 5.78. The zero-order valence-electron chi connectivity index (χ0n) is 13.1. The molecular formula is C14H30N2O3. The predicted octanol–water partition coefficient (Wildman–Crippen LogP) is 0.990. The van der Waals surface area contributed by atoms with Gasteiger partial charge in [-0.05, 0) is 13.0 Å². The van der Waals surface area contributed by atoms with E-state index in [0.717, 1.165) is 6.54 Å².